The first-order valence-corrected chi connectivity index (χ1v) is 10.8. The summed E-state index contributed by atoms with van der Waals surface area (Å²) in [4.78, 5) is 37.1. The van der Waals surface area contributed by atoms with Crippen LogP contribution in [0.5, 0.6) is 0 Å². The number of furan rings is 1. The van der Waals surface area contributed by atoms with E-state index >= 15 is 0 Å². The van der Waals surface area contributed by atoms with E-state index in [9.17, 15) is 14.4 Å². The predicted molar refractivity (Wildman–Crippen MR) is 107 cm³/mol. The Labute approximate surface area is 170 Å². The Morgan fingerprint density at radius 2 is 2.07 bits per heavy atom. The molecule has 0 aliphatic carbocycles. The van der Waals surface area contributed by atoms with Crippen LogP contribution in [-0.2, 0) is 27.5 Å². The van der Waals surface area contributed by atoms with Gasteiger partial charge in [0.1, 0.15) is 11.3 Å². The van der Waals surface area contributed by atoms with Gasteiger partial charge in [0.15, 0.2) is 0 Å². The van der Waals surface area contributed by atoms with Crippen molar-refractivity contribution in [3.8, 4) is 0 Å². The van der Waals surface area contributed by atoms with Crippen LogP contribution in [0.3, 0.4) is 0 Å². The number of hydrogen-bond acceptors (Lipinski definition) is 7. The average molecular weight is 423 g/mol. The molecule has 3 rings (SSSR count). The van der Waals surface area contributed by atoms with E-state index in [2.05, 4.69) is 21.3 Å². The number of rotatable bonds is 9. The fourth-order valence-corrected chi connectivity index (χ4v) is 4.24. The zero-order valence-electron chi connectivity index (χ0n) is 15.1. The lowest BCUT2D eigenvalue weighted by molar-refractivity contribution is -0.125. The zero-order valence-corrected chi connectivity index (χ0v) is 16.7. The van der Waals surface area contributed by atoms with Crippen molar-refractivity contribution >= 4 is 40.8 Å². The topological polar surface area (TPSA) is 112 Å². The quantitative estimate of drug-likeness (QED) is 0.482. The molecule has 150 valence electrons. The highest BCUT2D eigenvalue weighted by molar-refractivity contribution is 8.00. The SMILES string of the molecule is O=C(CSC1NC(=O)CC(CC(=O)NCc2cccs2)N1)NCc1ccco1. The summed E-state index contributed by atoms with van der Waals surface area (Å²) in [5, 5.41) is 13.6. The van der Waals surface area contributed by atoms with Crippen LogP contribution in [0.4, 0.5) is 0 Å². The fraction of sp³-hybridized carbons (Fsp3) is 0.389. The Morgan fingerprint density at radius 1 is 1.21 bits per heavy atom. The number of hydrogen-bond donors (Lipinski definition) is 4. The Bertz CT molecular complexity index is 780. The predicted octanol–water partition coefficient (Wildman–Crippen LogP) is 1.16. The van der Waals surface area contributed by atoms with Crippen LogP contribution in [-0.4, -0.2) is 35.0 Å². The zero-order chi connectivity index (χ0) is 19.8. The molecule has 1 saturated heterocycles. The summed E-state index contributed by atoms with van der Waals surface area (Å²) in [5.41, 5.74) is -0.411. The van der Waals surface area contributed by atoms with Gasteiger partial charge in [0.25, 0.3) is 0 Å². The van der Waals surface area contributed by atoms with Gasteiger partial charge >= 0.3 is 0 Å². The molecule has 0 radical (unpaired) electrons. The van der Waals surface area contributed by atoms with Crippen molar-refractivity contribution in [2.24, 2.45) is 0 Å². The molecule has 1 aliphatic heterocycles. The Morgan fingerprint density at radius 3 is 2.82 bits per heavy atom. The molecule has 1 fully saturated rings. The van der Waals surface area contributed by atoms with Crippen molar-refractivity contribution in [1.29, 1.82) is 0 Å². The van der Waals surface area contributed by atoms with Crippen LogP contribution in [0.25, 0.3) is 0 Å². The first-order chi connectivity index (χ1) is 13.6. The highest BCUT2D eigenvalue weighted by Crippen LogP contribution is 2.14. The van der Waals surface area contributed by atoms with Gasteiger partial charge in [-0.3, -0.25) is 19.7 Å². The van der Waals surface area contributed by atoms with Crippen molar-refractivity contribution < 1.29 is 18.8 Å². The van der Waals surface area contributed by atoms with Crippen molar-refractivity contribution in [3.63, 3.8) is 0 Å². The number of thiophene rings is 1. The first-order valence-electron chi connectivity index (χ1n) is 8.83. The maximum Gasteiger partial charge on any atom is 0.230 e. The van der Waals surface area contributed by atoms with Crippen LogP contribution >= 0.6 is 23.1 Å². The number of carbonyl (C=O) groups is 3. The fourth-order valence-electron chi connectivity index (χ4n) is 2.67. The van der Waals surface area contributed by atoms with E-state index in [1.54, 1.807) is 29.7 Å². The number of nitrogens with one attached hydrogen (secondary N) is 4. The molecule has 3 amide bonds. The summed E-state index contributed by atoms with van der Waals surface area (Å²) in [6, 6.07) is 7.17. The molecular weight excluding hydrogens is 400 g/mol. The molecule has 0 spiro atoms. The molecule has 2 atom stereocenters. The molecule has 10 heteroatoms. The van der Waals surface area contributed by atoms with Gasteiger partial charge in [-0.05, 0) is 23.6 Å². The molecule has 0 aromatic carbocycles. The molecule has 1 aliphatic rings. The number of thioether (sulfide) groups is 1. The van der Waals surface area contributed by atoms with E-state index in [4.69, 9.17) is 4.42 Å². The van der Waals surface area contributed by atoms with Crippen LogP contribution in [0.1, 0.15) is 23.5 Å². The third-order valence-electron chi connectivity index (χ3n) is 4.00. The molecule has 2 unspecified atom stereocenters. The second-order valence-corrected chi connectivity index (χ2v) is 8.37. The maximum atomic E-state index is 12.1. The number of amides is 3. The van der Waals surface area contributed by atoms with Crippen LogP contribution < -0.4 is 21.3 Å². The van der Waals surface area contributed by atoms with Crippen molar-refractivity contribution in [2.75, 3.05) is 5.75 Å². The van der Waals surface area contributed by atoms with E-state index < -0.39 is 5.50 Å². The normalized spacial score (nSPS) is 19.1. The summed E-state index contributed by atoms with van der Waals surface area (Å²) in [5.74, 6) is 0.448. The Kier molecular flexibility index (Phi) is 7.52. The van der Waals surface area contributed by atoms with Gasteiger partial charge in [0, 0.05) is 23.8 Å². The van der Waals surface area contributed by atoms with Gasteiger partial charge in [-0.2, -0.15) is 0 Å². The minimum atomic E-state index is -0.411. The maximum absolute atomic E-state index is 12.1. The second kappa shape index (κ2) is 10.3. The lowest BCUT2D eigenvalue weighted by Crippen LogP contribution is -2.56. The summed E-state index contributed by atoms with van der Waals surface area (Å²) in [6.07, 6.45) is 1.99. The minimum absolute atomic E-state index is 0.111. The molecule has 0 saturated carbocycles. The summed E-state index contributed by atoms with van der Waals surface area (Å²) >= 11 is 2.86. The summed E-state index contributed by atoms with van der Waals surface area (Å²) in [7, 11) is 0. The molecule has 28 heavy (non-hydrogen) atoms. The lowest BCUT2D eigenvalue weighted by atomic mass is 10.1. The second-order valence-electron chi connectivity index (χ2n) is 6.24. The van der Waals surface area contributed by atoms with E-state index in [0.29, 0.717) is 18.8 Å². The van der Waals surface area contributed by atoms with Crippen LogP contribution in [0.15, 0.2) is 40.3 Å². The molecule has 8 nitrogen and oxygen atoms in total. The minimum Gasteiger partial charge on any atom is -0.467 e. The average Bonchev–Trinajstić information content (AvgIpc) is 3.36. The van der Waals surface area contributed by atoms with E-state index in [-0.39, 0.29) is 42.4 Å². The third-order valence-corrected chi connectivity index (χ3v) is 5.90. The van der Waals surface area contributed by atoms with Gasteiger partial charge in [-0.1, -0.05) is 6.07 Å². The van der Waals surface area contributed by atoms with Crippen molar-refractivity contribution in [2.45, 2.75) is 37.5 Å². The number of carbonyl (C=O) groups excluding carboxylic acids is 3. The molecule has 2 aromatic heterocycles. The highest BCUT2D eigenvalue weighted by Gasteiger charge is 2.28. The van der Waals surface area contributed by atoms with Crippen molar-refractivity contribution in [1.82, 2.24) is 21.3 Å². The highest BCUT2D eigenvalue weighted by atomic mass is 32.2. The summed E-state index contributed by atoms with van der Waals surface area (Å²) in [6.45, 7) is 0.813. The molecule has 0 bridgehead atoms. The van der Waals surface area contributed by atoms with E-state index in [1.165, 1.54) is 11.8 Å². The molecule has 3 heterocycles. The first kappa shape index (κ1) is 20.4. The Hall–Kier alpha value is -2.30. The standard InChI is InChI=1S/C18H22N4O4S2/c23-15(20-10-14-4-2-6-27-14)7-12-8-16(24)22-18(21-12)28-11-17(25)19-9-13-3-1-5-26-13/h1-6,12,18,21H,7-11H2,(H,19,25)(H,20,23)(H,22,24). The van der Waals surface area contributed by atoms with Gasteiger partial charge in [0.05, 0.1) is 25.1 Å². The molecule has 2 aromatic rings. The monoisotopic (exact) mass is 422 g/mol. The largest absolute Gasteiger partial charge is 0.467 e. The third kappa shape index (κ3) is 6.70. The molecular formula is C18H22N4O4S2. The van der Waals surface area contributed by atoms with Gasteiger partial charge in [-0.25, -0.2) is 0 Å². The molecule has 4 N–H and O–H groups in total. The lowest BCUT2D eigenvalue weighted by Gasteiger charge is -2.30. The van der Waals surface area contributed by atoms with Crippen LogP contribution in [0.2, 0.25) is 0 Å². The van der Waals surface area contributed by atoms with Crippen LogP contribution in [0, 0.1) is 0 Å². The van der Waals surface area contributed by atoms with E-state index in [1.807, 2.05) is 17.5 Å². The van der Waals surface area contributed by atoms with Gasteiger partial charge in [0.2, 0.25) is 17.7 Å². The van der Waals surface area contributed by atoms with Gasteiger partial charge in [-0.15, -0.1) is 23.1 Å². The van der Waals surface area contributed by atoms with Crippen molar-refractivity contribution in [3.05, 3.63) is 46.5 Å². The van der Waals surface area contributed by atoms with E-state index in [0.717, 1.165) is 4.88 Å². The smallest absolute Gasteiger partial charge is 0.230 e. The Balaban J connectivity index is 1.37. The van der Waals surface area contributed by atoms with Gasteiger partial charge < -0.3 is 20.4 Å². The summed E-state index contributed by atoms with van der Waals surface area (Å²) < 4.78 is 5.16.